The molecule has 1 aromatic rings. The summed E-state index contributed by atoms with van der Waals surface area (Å²) in [6.07, 6.45) is 3.08. The standard InChI is InChI=1S/C14H21NO/c1-11-7-12(2)9-13(8-11)10-14(16)5-3-4-6-15/h7-9H,3-6,10,15H2,1-2H3. The average Bonchev–Trinajstić information content (AvgIpc) is 2.16. The van der Waals surface area contributed by atoms with Crippen molar-refractivity contribution in [2.45, 2.75) is 39.5 Å². The van der Waals surface area contributed by atoms with E-state index in [0.717, 1.165) is 18.4 Å². The first-order valence-corrected chi connectivity index (χ1v) is 5.91. The molecule has 0 amide bonds. The van der Waals surface area contributed by atoms with Crippen LogP contribution in [0.2, 0.25) is 0 Å². The maximum absolute atomic E-state index is 11.7. The van der Waals surface area contributed by atoms with Crippen molar-refractivity contribution in [1.82, 2.24) is 0 Å². The predicted octanol–water partition coefficient (Wildman–Crippen LogP) is 2.54. The lowest BCUT2D eigenvalue weighted by molar-refractivity contribution is -0.118. The summed E-state index contributed by atoms with van der Waals surface area (Å²) >= 11 is 0. The Bertz CT molecular complexity index is 338. The van der Waals surface area contributed by atoms with Crippen molar-refractivity contribution in [2.75, 3.05) is 6.54 Å². The van der Waals surface area contributed by atoms with Gasteiger partial charge in [0.1, 0.15) is 5.78 Å². The van der Waals surface area contributed by atoms with Crippen LogP contribution in [-0.2, 0) is 11.2 Å². The Morgan fingerprint density at radius 3 is 2.31 bits per heavy atom. The molecule has 0 bridgehead atoms. The van der Waals surface area contributed by atoms with Gasteiger partial charge in [0.25, 0.3) is 0 Å². The molecule has 2 heteroatoms. The van der Waals surface area contributed by atoms with Crippen LogP contribution in [0.4, 0.5) is 0 Å². The SMILES string of the molecule is Cc1cc(C)cc(CC(=O)CCCCN)c1. The summed E-state index contributed by atoms with van der Waals surface area (Å²) in [5.41, 5.74) is 8.98. The smallest absolute Gasteiger partial charge is 0.137 e. The second kappa shape index (κ2) is 6.44. The molecule has 0 unspecified atom stereocenters. The maximum atomic E-state index is 11.7. The first-order chi connectivity index (χ1) is 7.61. The van der Waals surface area contributed by atoms with E-state index in [2.05, 4.69) is 32.0 Å². The molecule has 0 aliphatic rings. The number of benzene rings is 1. The fraction of sp³-hybridized carbons (Fsp3) is 0.500. The number of aryl methyl sites for hydroxylation is 2. The molecule has 0 heterocycles. The Morgan fingerprint density at radius 1 is 1.12 bits per heavy atom. The van der Waals surface area contributed by atoms with E-state index in [1.54, 1.807) is 0 Å². The third kappa shape index (κ3) is 4.58. The summed E-state index contributed by atoms with van der Waals surface area (Å²) in [6.45, 7) is 4.81. The number of carbonyl (C=O) groups excluding carboxylic acids is 1. The van der Waals surface area contributed by atoms with Gasteiger partial charge in [0.2, 0.25) is 0 Å². The molecule has 0 saturated carbocycles. The normalized spacial score (nSPS) is 10.4. The lowest BCUT2D eigenvalue weighted by Crippen LogP contribution is -2.05. The maximum Gasteiger partial charge on any atom is 0.137 e. The Kier molecular flexibility index (Phi) is 5.20. The highest BCUT2D eigenvalue weighted by Crippen LogP contribution is 2.11. The van der Waals surface area contributed by atoms with Gasteiger partial charge in [-0.15, -0.1) is 0 Å². The summed E-state index contributed by atoms with van der Waals surface area (Å²) in [5, 5.41) is 0. The van der Waals surface area contributed by atoms with E-state index in [0.29, 0.717) is 25.2 Å². The second-order valence-corrected chi connectivity index (χ2v) is 4.46. The van der Waals surface area contributed by atoms with Crippen LogP contribution in [0.1, 0.15) is 36.0 Å². The highest BCUT2D eigenvalue weighted by atomic mass is 16.1. The molecule has 0 atom stereocenters. The zero-order valence-electron chi connectivity index (χ0n) is 10.3. The summed E-state index contributed by atoms with van der Waals surface area (Å²) in [7, 11) is 0. The number of hydrogen-bond acceptors (Lipinski definition) is 2. The molecule has 1 aromatic carbocycles. The molecular formula is C14H21NO. The fourth-order valence-corrected chi connectivity index (χ4v) is 1.95. The van der Waals surface area contributed by atoms with Gasteiger partial charge in [0, 0.05) is 12.8 Å². The van der Waals surface area contributed by atoms with Crippen LogP contribution < -0.4 is 5.73 Å². The van der Waals surface area contributed by atoms with E-state index in [4.69, 9.17) is 5.73 Å². The van der Waals surface area contributed by atoms with E-state index in [-0.39, 0.29) is 0 Å². The van der Waals surface area contributed by atoms with Gasteiger partial charge in [-0.3, -0.25) is 4.79 Å². The average molecular weight is 219 g/mol. The number of rotatable bonds is 6. The van der Waals surface area contributed by atoms with Crippen molar-refractivity contribution in [3.8, 4) is 0 Å². The van der Waals surface area contributed by atoms with Gasteiger partial charge in [-0.2, -0.15) is 0 Å². The molecule has 0 aromatic heterocycles. The van der Waals surface area contributed by atoms with Crippen molar-refractivity contribution in [1.29, 1.82) is 0 Å². The molecule has 1 rings (SSSR count). The molecule has 0 saturated heterocycles. The highest BCUT2D eigenvalue weighted by molar-refractivity contribution is 5.80. The lowest BCUT2D eigenvalue weighted by atomic mass is 10.0. The molecule has 0 fully saturated rings. The minimum absolute atomic E-state index is 0.318. The minimum Gasteiger partial charge on any atom is -0.330 e. The molecule has 88 valence electrons. The number of carbonyl (C=O) groups is 1. The van der Waals surface area contributed by atoms with E-state index in [1.165, 1.54) is 11.1 Å². The van der Waals surface area contributed by atoms with Crippen LogP contribution in [0.5, 0.6) is 0 Å². The topological polar surface area (TPSA) is 43.1 Å². The Labute approximate surface area is 97.9 Å². The van der Waals surface area contributed by atoms with Crippen LogP contribution in [0.15, 0.2) is 18.2 Å². The van der Waals surface area contributed by atoms with E-state index < -0.39 is 0 Å². The first-order valence-electron chi connectivity index (χ1n) is 5.91. The Balaban J connectivity index is 2.49. The van der Waals surface area contributed by atoms with E-state index in [1.807, 2.05) is 0 Å². The first kappa shape index (κ1) is 12.9. The summed E-state index contributed by atoms with van der Waals surface area (Å²) < 4.78 is 0. The largest absolute Gasteiger partial charge is 0.330 e. The number of unbranched alkanes of at least 4 members (excludes halogenated alkanes) is 1. The molecule has 2 nitrogen and oxygen atoms in total. The minimum atomic E-state index is 0.318. The van der Waals surface area contributed by atoms with E-state index in [9.17, 15) is 4.79 Å². The van der Waals surface area contributed by atoms with Crippen molar-refractivity contribution in [3.63, 3.8) is 0 Å². The zero-order valence-corrected chi connectivity index (χ0v) is 10.3. The van der Waals surface area contributed by atoms with Gasteiger partial charge in [0.05, 0.1) is 0 Å². The second-order valence-electron chi connectivity index (χ2n) is 4.46. The zero-order chi connectivity index (χ0) is 12.0. The molecule has 0 spiro atoms. The third-order valence-electron chi connectivity index (χ3n) is 2.59. The highest BCUT2D eigenvalue weighted by Gasteiger charge is 2.04. The number of hydrogen-bond donors (Lipinski definition) is 1. The third-order valence-corrected chi connectivity index (χ3v) is 2.59. The summed E-state index contributed by atoms with van der Waals surface area (Å²) in [6, 6.07) is 6.31. The van der Waals surface area contributed by atoms with Crippen LogP contribution in [0.25, 0.3) is 0 Å². The fourth-order valence-electron chi connectivity index (χ4n) is 1.95. The Morgan fingerprint density at radius 2 is 1.75 bits per heavy atom. The van der Waals surface area contributed by atoms with Crippen molar-refractivity contribution in [2.24, 2.45) is 5.73 Å². The van der Waals surface area contributed by atoms with Gasteiger partial charge in [0.15, 0.2) is 0 Å². The van der Waals surface area contributed by atoms with Crippen LogP contribution in [-0.4, -0.2) is 12.3 Å². The molecule has 16 heavy (non-hydrogen) atoms. The quantitative estimate of drug-likeness (QED) is 0.747. The summed E-state index contributed by atoms with van der Waals surface area (Å²) in [4.78, 5) is 11.7. The van der Waals surface area contributed by atoms with E-state index >= 15 is 0 Å². The van der Waals surface area contributed by atoms with Gasteiger partial charge in [-0.25, -0.2) is 0 Å². The van der Waals surface area contributed by atoms with Gasteiger partial charge in [-0.05, 0) is 38.8 Å². The monoisotopic (exact) mass is 219 g/mol. The van der Waals surface area contributed by atoms with Gasteiger partial charge >= 0.3 is 0 Å². The molecular weight excluding hydrogens is 198 g/mol. The molecule has 0 radical (unpaired) electrons. The van der Waals surface area contributed by atoms with Crippen LogP contribution in [0.3, 0.4) is 0 Å². The van der Waals surface area contributed by atoms with Gasteiger partial charge < -0.3 is 5.73 Å². The van der Waals surface area contributed by atoms with Crippen LogP contribution in [0, 0.1) is 13.8 Å². The number of Topliss-reactive ketones (excluding diaryl/α,β-unsaturated/α-hetero) is 1. The number of nitrogens with two attached hydrogens (primary N) is 1. The Hall–Kier alpha value is -1.15. The molecule has 0 aliphatic carbocycles. The predicted molar refractivity (Wildman–Crippen MR) is 67.5 cm³/mol. The van der Waals surface area contributed by atoms with Crippen molar-refractivity contribution >= 4 is 5.78 Å². The summed E-state index contributed by atoms with van der Waals surface area (Å²) in [5.74, 6) is 0.318. The van der Waals surface area contributed by atoms with Gasteiger partial charge in [-0.1, -0.05) is 29.3 Å². The van der Waals surface area contributed by atoms with Crippen LogP contribution >= 0.6 is 0 Å². The van der Waals surface area contributed by atoms with Crippen molar-refractivity contribution in [3.05, 3.63) is 34.9 Å². The number of ketones is 1. The van der Waals surface area contributed by atoms with Crippen molar-refractivity contribution < 1.29 is 4.79 Å². The lowest BCUT2D eigenvalue weighted by Gasteiger charge is -2.04. The molecule has 2 N–H and O–H groups in total. The molecule has 0 aliphatic heterocycles.